The molecule has 1 saturated carbocycles. The first-order valence-corrected chi connectivity index (χ1v) is 6.17. The molecule has 0 aromatic heterocycles. The smallest absolute Gasteiger partial charge is 0.00446 e. The maximum absolute atomic E-state index is 5.96. The van der Waals surface area contributed by atoms with Crippen LogP contribution in [0.4, 0.5) is 0 Å². The Balaban J connectivity index is 0.000000711. The van der Waals surface area contributed by atoms with Crippen molar-refractivity contribution < 1.29 is 32.7 Å². The van der Waals surface area contributed by atoms with Crippen molar-refractivity contribution in [3.05, 3.63) is 35.9 Å². The minimum Gasteiger partial charge on any atom is -0.328 e. The Morgan fingerprint density at radius 3 is 2.25 bits per heavy atom. The second kappa shape index (κ2) is 9.33. The van der Waals surface area contributed by atoms with Crippen molar-refractivity contribution in [2.24, 2.45) is 5.73 Å². The molecule has 2 unspecified atom stereocenters. The first-order chi connectivity index (χ1) is 7.36. The third-order valence-corrected chi connectivity index (χ3v) is 2.99. The van der Waals surface area contributed by atoms with Gasteiger partial charge in [0.05, 0.1) is 0 Å². The maximum Gasteiger partial charge on any atom is 0.00446 e. The monoisotopic (exact) mass is 294 g/mol. The van der Waals surface area contributed by atoms with Crippen molar-refractivity contribution in [1.29, 1.82) is 0 Å². The van der Waals surface area contributed by atoms with Crippen molar-refractivity contribution >= 4 is 0 Å². The van der Waals surface area contributed by atoms with Gasteiger partial charge in [-0.05, 0) is 30.7 Å². The van der Waals surface area contributed by atoms with E-state index in [9.17, 15) is 0 Å². The molecule has 0 spiro atoms. The summed E-state index contributed by atoms with van der Waals surface area (Å²) >= 11 is 0. The molecule has 1 nitrogen and oxygen atoms in total. The van der Waals surface area contributed by atoms with Gasteiger partial charge in [-0.15, -0.1) is 0 Å². The van der Waals surface area contributed by atoms with Crippen LogP contribution in [-0.2, 0) is 32.7 Å². The summed E-state index contributed by atoms with van der Waals surface area (Å²) in [6.45, 7) is 4.00. The van der Waals surface area contributed by atoms with Crippen LogP contribution < -0.4 is 5.73 Å². The molecule has 1 fully saturated rings. The Labute approximate surface area is 125 Å². The number of hydrogen-bond acceptors (Lipinski definition) is 1. The van der Waals surface area contributed by atoms with E-state index in [2.05, 4.69) is 30.3 Å². The van der Waals surface area contributed by atoms with Crippen LogP contribution in [0.3, 0.4) is 0 Å². The van der Waals surface area contributed by atoms with Crippen molar-refractivity contribution in [2.45, 2.75) is 51.5 Å². The van der Waals surface area contributed by atoms with Gasteiger partial charge in [0, 0.05) is 38.8 Å². The SMILES string of the molecule is CC.NC1CCCC(c2ccccc2)C1.[Y]. The molecule has 0 heterocycles. The fourth-order valence-corrected chi connectivity index (χ4v) is 2.26. The molecule has 0 aliphatic heterocycles. The molecule has 2 N–H and O–H groups in total. The van der Waals surface area contributed by atoms with Crippen LogP contribution in [0.1, 0.15) is 51.0 Å². The van der Waals surface area contributed by atoms with E-state index in [1.807, 2.05) is 13.8 Å². The normalized spacial score (nSPS) is 23.7. The third kappa shape index (κ3) is 5.08. The first kappa shape index (κ1) is 16.3. The topological polar surface area (TPSA) is 26.0 Å². The van der Waals surface area contributed by atoms with Crippen molar-refractivity contribution in [2.75, 3.05) is 0 Å². The summed E-state index contributed by atoms with van der Waals surface area (Å²) in [6, 6.07) is 11.2. The number of benzene rings is 1. The average Bonchev–Trinajstić information content (AvgIpc) is 2.33. The number of rotatable bonds is 1. The Morgan fingerprint density at radius 1 is 1.06 bits per heavy atom. The first-order valence-electron chi connectivity index (χ1n) is 6.17. The number of hydrogen-bond donors (Lipinski definition) is 1. The Morgan fingerprint density at radius 2 is 1.69 bits per heavy atom. The van der Waals surface area contributed by atoms with Gasteiger partial charge in [0.2, 0.25) is 0 Å². The fourth-order valence-electron chi connectivity index (χ4n) is 2.26. The second-order valence-electron chi connectivity index (χ2n) is 4.03. The summed E-state index contributed by atoms with van der Waals surface area (Å²) in [5.41, 5.74) is 7.43. The largest absolute Gasteiger partial charge is 0.328 e. The van der Waals surface area contributed by atoms with E-state index in [0.29, 0.717) is 12.0 Å². The molecule has 2 atom stereocenters. The van der Waals surface area contributed by atoms with E-state index in [0.717, 1.165) is 0 Å². The van der Waals surface area contributed by atoms with Gasteiger partial charge in [-0.1, -0.05) is 50.6 Å². The molecule has 16 heavy (non-hydrogen) atoms. The summed E-state index contributed by atoms with van der Waals surface area (Å²) in [5, 5.41) is 0. The molecule has 2 rings (SSSR count). The summed E-state index contributed by atoms with van der Waals surface area (Å²) in [5.74, 6) is 0.713. The van der Waals surface area contributed by atoms with E-state index in [1.165, 1.54) is 31.2 Å². The summed E-state index contributed by atoms with van der Waals surface area (Å²) in [4.78, 5) is 0. The Bertz CT molecular complexity index is 261. The molecule has 1 aliphatic carbocycles. The zero-order chi connectivity index (χ0) is 11.1. The van der Waals surface area contributed by atoms with E-state index in [-0.39, 0.29) is 32.7 Å². The Hall–Kier alpha value is 0.284. The quantitative estimate of drug-likeness (QED) is 0.840. The molecule has 1 aromatic carbocycles. The van der Waals surface area contributed by atoms with Gasteiger partial charge in [0.25, 0.3) is 0 Å². The maximum atomic E-state index is 5.96. The molecule has 1 aliphatic rings. The fraction of sp³-hybridized carbons (Fsp3) is 0.571. The molecular formula is C14H23NY. The summed E-state index contributed by atoms with van der Waals surface area (Å²) < 4.78 is 0. The van der Waals surface area contributed by atoms with E-state index in [1.54, 1.807) is 0 Å². The molecule has 87 valence electrons. The summed E-state index contributed by atoms with van der Waals surface area (Å²) in [7, 11) is 0. The van der Waals surface area contributed by atoms with Gasteiger partial charge in [-0.25, -0.2) is 0 Å². The summed E-state index contributed by atoms with van der Waals surface area (Å²) in [6.07, 6.45) is 4.99. The average molecular weight is 294 g/mol. The number of nitrogens with two attached hydrogens (primary N) is 1. The predicted octanol–water partition coefficient (Wildman–Crippen LogP) is 3.70. The van der Waals surface area contributed by atoms with Crippen molar-refractivity contribution in [3.8, 4) is 0 Å². The Kier molecular flexibility index (Phi) is 9.49. The van der Waals surface area contributed by atoms with Crippen LogP contribution in [0.15, 0.2) is 30.3 Å². The van der Waals surface area contributed by atoms with E-state index >= 15 is 0 Å². The second-order valence-corrected chi connectivity index (χ2v) is 4.03. The molecule has 0 bridgehead atoms. The van der Waals surface area contributed by atoms with Crippen LogP contribution in [0.5, 0.6) is 0 Å². The van der Waals surface area contributed by atoms with E-state index < -0.39 is 0 Å². The van der Waals surface area contributed by atoms with Gasteiger partial charge >= 0.3 is 0 Å². The van der Waals surface area contributed by atoms with Gasteiger partial charge < -0.3 is 5.73 Å². The molecule has 0 amide bonds. The van der Waals surface area contributed by atoms with Gasteiger partial charge in [-0.2, -0.15) is 0 Å². The predicted molar refractivity (Wildman–Crippen MR) is 67.0 cm³/mol. The van der Waals surface area contributed by atoms with Crippen molar-refractivity contribution in [3.63, 3.8) is 0 Å². The zero-order valence-electron chi connectivity index (χ0n) is 10.5. The molecule has 1 aromatic rings. The molecule has 2 heteroatoms. The van der Waals surface area contributed by atoms with Crippen LogP contribution >= 0.6 is 0 Å². The molecular weight excluding hydrogens is 271 g/mol. The zero-order valence-corrected chi connectivity index (χ0v) is 13.4. The van der Waals surface area contributed by atoms with Gasteiger partial charge in [0.15, 0.2) is 0 Å². The third-order valence-electron chi connectivity index (χ3n) is 2.99. The molecule has 0 saturated heterocycles. The van der Waals surface area contributed by atoms with Crippen LogP contribution in [0, 0.1) is 0 Å². The van der Waals surface area contributed by atoms with Crippen LogP contribution in [-0.4, -0.2) is 6.04 Å². The van der Waals surface area contributed by atoms with Crippen LogP contribution in [0.25, 0.3) is 0 Å². The van der Waals surface area contributed by atoms with Crippen molar-refractivity contribution in [1.82, 2.24) is 0 Å². The molecule has 1 radical (unpaired) electrons. The van der Waals surface area contributed by atoms with Gasteiger partial charge in [-0.3, -0.25) is 0 Å². The van der Waals surface area contributed by atoms with Gasteiger partial charge in [0.1, 0.15) is 0 Å². The van der Waals surface area contributed by atoms with Crippen LogP contribution in [0.2, 0.25) is 0 Å². The minimum absolute atomic E-state index is 0. The van der Waals surface area contributed by atoms with E-state index in [4.69, 9.17) is 5.73 Å². The standard InChI is InChI=1S/C12H17N.C2H6.Y/c13-12-8-4-7-11(9-12)10-5-2-1-3-6-10;1-2;/h1-3,5-6,11-12H,4,7-9,13H2;1-2H3;. The minimum atomic E-state index is 0.